The maximum Gasteiger partial charge on any atom is 0.0930 e. The zero-order valence-corrected chi connectivity index (χ0v) is 7.34. The van der Waals surface area contributed by atoms with E-state index in [1.54, 1.807) is 0 Å². The molecule has 1 heterocycles. The molecular weight excluding hydrogens is 140 g/mol. The van der Waals surface area contributed by atoms with E-state index in [2.05, 4.69) is 6.92 Å². The van der Waals surface area contributed by atoms with E-state index in [9.17, 15) is 0 Å². The number of rotatable bonds is 4. The fourth-order valence-corrected chi connectivity index (χ4v) is 1.38. The predicted molar refractivity (Wildman–Crippen MR) is 44.2 cm³/mol. The second-order valence-electron chi connectivity index (χ2n) is 3.18. The van der Waals surface area contributed by atoms with Gasteiger partial charge in [0.25, 0.3) is 0 Å². The van der Waals surface area contributed by atoms with E-state index in [0.717, 1.165) is 13.0 Å². The largest absolute Gasteiger partial charge is 0.236 e. The van der Waals surface area contributed by atoms with Crippen molar-refractivity contribution in [2.75, 3.05) is 6.61 Å². The summed E-state index contributed by atoms with van der Waals surface area (Å²) in [5, 5.41) is 0. The minimum atomic E-state index is 0.385. The number of unbranched alkanes of at least 4 members (excludes halogenated alkanes) is 2. The van der Waals surface area contributed by atoms with Crippen LogP contribution in [0.4, 0.5) is 0 Å². The standard InChI is InChI=1S/C9H18O2/c1-2-3-4-6-9-7-5-8-10-11-9/h9H,2-8H2,1H3. The fourth-order valence-electron chi connectivity index (χ4n) is 1.38. The Hall–Kier alpha value is -0.0800. The highest BCUT2D eigenvalue weighted by atomic mass is 17.2. The van der Waals surface area contributed by atoms with Crippen molar-refractivity contribution in [2.45, 2.75) is 51.6 Å². The summed E-state index contributed by atoms with van der Waals surface area (Å²) in [5.74, 6) is 0. The van der Waals surface area contributed by atoms with Crippen LogP contribution >= 0.6 is 0 Å². The molecule has 0 radical (unpaired) electrons. The van der Waals surface area contributed by atoms with Gasteiger partial charge in [0, 0.05) is 0 Å². The molecular formula is C9H18O2. The van der Waals surface area contributed by atoms with Crippen LogP contribution in [0.1, 0.15) is 45.4 Å². The van der Waals surface area contributed by atoms with E-state index in [0.29, 0.717) is 6.10 Å². The summed E-state index contributed by atoms with van der Waals surface area (Å²) >= 11 is 0. The van der Waals surface area contributed by atoms with E-state index in [-0.39, 0.29) is 0 Å². The first kappa shape index (κ1) is 9.01. The van der Waals surface area contributed by atoms with E-state index >= 15 is 0 Å². The second kappa shape index (κ2) is 5.56. The minimum absolute atomic E-state index is 0.385. The van der Waals surface area contributed by atoms with Crippen molar-refractivity contribution in [3.8, 4) is 0 Å². The Kier molecular flexibility index (Phi) is 4.55. The smallest absolute Gasteiger partial charge is 0.0930 e. The third kappa shape index (κ3) is 3.73. The molecule has 0 N–H and O–H groups in total. The van der Waals surface area contributed by atoms with Crippen molar-refractivity contribution in [1.29, 1.82) is 0 Å². The third-order valence-electron chi connectivity index (χ3n) is 2.09. The molecule has 1 unspecified atom stereocenters. The Labute approximate surface area is 68.8 Å². The number of hydrogen-bond donors (Lipinski definition) is 0. The van der Waals surface area contributed by atoms with E-state index in [1.165, 1.54) is 32.1 Å². The van der Waals surface area contributed by atoms with Gasteiger partial charge in [0.15, 0.2) is 0 Å². The van der Waals surface area contributed by atoms with Gasteiger partial charge in [0.05, 0.1) is 12.7 Å². The van der Waals surface area contributed by atoms with Crippen molar-refractivity contribution in [2.24, 2.45) is 0 Å². The van der Waals surface area contributed by atoms with Gasteiger partial charge in [-0.3, -0.25) is 0 Å². The first-order valence-corrected chi connectivity index (χ1v) is 4.71. The monoisotopic (exact) mass is 158 g/mol. The van der Waals surface area contributed by atoms with Gasteiger partial charge in [0.1, 0.15) is 0 Å². The van der Waals surface area contributed by atoms with Crippen LogP contribution < -0.4 is 0 Å². The SMILES string of the molecule is CCCCCC1CCCOO1. The van der Waals surface area contributed by atoms with Gasteiger partial charge >= 0.3 is 0 Å². The van der Waals surface area contributed by atoms with E-state index in [4.69, 9.17) is 9.78 Å². The van der Waals surface area contributed by atoms with Crippen LogP contribution in [0.5, 0.6) is 0 Å². The highest BCUT2D eigenvalue weighted by Crippen LogP contribution is 2.16. The lowest BCUT2D eigenvalue weighted by atomic mass is 10.1. The Morgan fingerprint density at radius 1 is 1.36 bits per heavy atom. The van der Waals surface area contributed by atoms with Gasteiger partial charge < -0.3 is 0 Å². The summed E-state index contributed by atoms with van der Waals surface area (Å²) in [6.07, 6.45) is 7.79. The van der Waals surface area contributed by atoms with Crippen LogP contribution in [0.3, 0.4) is 0 Å². The summed E-state index contributed by atoms with van der Waals surface area (Å²) < 4.78 is 0. The molecule has 1 rings (SSSR count). The molecule has 1 fully saturated rings. The molecule has 0 saturated carbocycles. The van der Waals surface area contributed by atoms with Crippen molar-refractivity contribution in [3.05, 3.63) is 0 Å². The quantitative estimate of drug-likeness (QED) is 0.462. The molecule has 1 aliphatic heterocycles. The molecule has 11 heavy (non-hydrogen) atoms. The first-order chi connectivity index (χ1) is 5.43. The summed E-state index contributed by atoms with van der Waals surface area (Å²) in [5.41, 5.74) is 0. The van der Waals surface area contributed by atoms with Crippen LogP contribution in [0, 0.1) is 0 Å². The molecule has 0 aliphatic carbocycles. The topological polar surface area (TPSA) is 18.5 Å². The van der Waals surface area contributed by atoms with Crippen LogP contribution in [0.2, 0.25) is 0 Å². The molecule has 1 saturated heterocycles. The third-order valence-corrected chi connectivity index (χ3v) is 2.09. The lowest BCUT2D eigenvalue weighted by Crippen LogP contribution is -2.19. The minimum Gasteiger partial charge on any atom is -0.236 e. The van der Waals surface area contributed by atoms with Crippen LogP contribution in [0.25, 0.3) is 0 Å². The van der Waals surface area contributed by atoms with E-state index in [1.807, 2.05) is 0 Å². The molecule has 2 heteroatoms. The molecule has 1 atom stereocenters. The van der Waals surface area contributed by atoms with Crippen molar-refractivity contribution >= 4 is 0 Å². The van der Waals surface area contributed by atoms with Crippen LogP contribution in [0.15, 0.2) is 0 Å². The highest BCUT2D eigenvalue weighted by Gasteiger charge is 2.13. The average molecular weight is 158 g/mol. The van der Waals surface area contributed by atoms with Gasteiger partial charge in [-0.1, -0.05) is 26.2 Å². The Bertz CT molecular complexity index is 87.6. The summed E-state index contributed by atoms with van der Waals surface area (Å²) in [6.45, 7) is 3.00. The maximum atomic E-state index is 5.12. The molecule has 0 amide bonds. The lowest BCUT2D eigenvalue weighted by molar-refractivity contribution is -0.345. The predicted octanol–water partition coefficient (Wildman–Crippen LogP) is 2.68. The van der Waals surface area contributed by atoms with Gasteiger partial charge in [-0.2, -0.15) is 0 Å². The molecule has 1 aliphatic rings. The van der Waals surface area contributed by atoms with Gasteiger partial charge in [-0.25, -0.2) is 9.78 Å². The van der Waals surface area contributed by atoms with Gasteiger partial charge in [0.2, 0.25) is 0 Å². The lowest BCUT2D eigenvalue weighted by Gasteiger charge is -2.20. The number of hydrogen-bond acceptors (Lipinski definition) is 2. The van der Waals surface area contributed by atoms with Gasteiger partial charge in [-0.15, -0.1) is 0 Å². The molecule has 0 aromatic carbocycles. The fraction of sp³-hybridized carbons (Fsp3) is 1.00. The molecule has 0 spiro atoms. The zero-order valence-electron chi connectivity index (χ0n) is 7.34. The molecule has 0 aromatic heterocycles. The zero-order chi connectivity index (χ0) is 7.94. The Balaban J connectivity index is 1.96. The summed E-state index contributed by atoms with van der Waals surface area (Å²) in [6, 6.07) is 0. The first-order valence-electron chi connectivity index (χ1n) is 4.71. The summed E-state index contributed by atoms with van der Waals surface area (Å²) in [7, 11) is 0. The molecule has 0 bridgehead atoms. The highest BCUT2D eigenvalue weighted by molar-refractivity contribution is 4.59. The Morgan fingerprint density at radius 3 is 2.91 bits per heavy atom. The molecule has 66 valence electrons. The van der Waals surface area contributed by atoms with Crippen LogP contribution in [-0.2, 0) is 9.78 Å². The normalized spacial score (nSPS) is 25.4. The average Bonchev–Trinajstić information content (AvgIpc) is 2.07. The summed E-state index contributed by atoms with van der Waals surface area (Å²) in [4.78, 5) is 10.0. The van der Waals surface area contributed by atoms with Crippen molar-refractivity contribution in [3.63, 3.8) is 0 Å². The molecule has 0 aromatic rings. The van der Waals surface area contributed by atoms with Crippen LogP contribution in [-0.4, -0.2) is 12.7 Å². The Morgan fingerprint density at radius 2 is 2.27 bits per heavy atom. The molecule has 2 nitrogen and oxygen atoms in total. The maximum absolute atomic E-state index is 5.12. The van der Waals surface area contributed by atoms with E-state index < -0.39 is 0 Å². The van der Waals surface area contributed by atoms with Gasteiger partial charge in [-0.05, 0) is 19.3 Å². The second-order valence-corrected chi connectivity index (χ2v) is 3.18. The van der Waals surface area contributed by atoms with Crippen molar-refractivity contribution in [1.82, 2.24) is 0 Å². The van der Waals surface area contributed by atoms with Crippen molar-refractivity contribution < 1.29 is 9.78 Å².